The number of para-hydroxylation sites is 1. The van der Waals surface area contributed by atoms with Crippen LogP contribution in [0.2, 0.25) is 0 Å². The summed E-state index contributed by atoms with van der Waals surface area (Å²) in [6.45, 7) is 1.51. The SMILES string of the molecule is C[C@H](COc1ccccc1C(F)(F)F)NC(=O)Nc1ccccn1. The molecule has 0 saturated carbocycles. The number of hydrogen-bond acceptors (Lipinski definition) is 3. The molecule has 24 heavy (non-hydrogen) atoms. The number of alkyl halides is 3. The number of benzene rings is 1. The number of urea groups is 1. The Morgan fingerprint density at radius 2 is 1.92 bits per heavy atom. The lowest BCUT2D eigenvalue weighted by Gasteiger charge is -2.18. The summed E-state index contributed by atoms with van der Waals surface area (Å²) in [6.07, 6.45) is -2.97. The zero-order chi connectivity index (χ0) is 17.6. The number of aromatic nitrogens is 1. The first-order valence-electron chi connectivity index (χ1n) is 7.14. The van der Waals surface area contributed by atoms with Crippen LogP contribution in [0.5, 0.6) is 5.75 Å². The van der Waals surface area contributed by atoms with Gasteiger partial charge in [-0.15, -0.1) is 0 Å². The molecular formula is C16H16F3N3O2. The number of carbonyl (C=O) groups excluding carboxylic acids is 1. The van der Waals surface area contributed by atoms with Gasteiger partial charge in [0, 0.05) is 6.20 Å². The second-order valence-corrected chi connectivity index (χ2v) is 5.02. The third kappa shape index (κ3) is 5.15. The van der Waals surface area contributed by atoms with E-state index in [0.29, 0.717) is 5.82 Å². The summed E-state index contributed by atoms with van der Waals surface area (Å²) in [5.41, 5.74) is -0.852. The molecule has 1 aromatic carbocycles. The van der Waals surface area contributed by atoms with Crippen molar-refractivity contribution < 1.29 is 22.7 Å². The second kappa shape index (κ2) is 7.67. The lowest BCUT2D eigenvalue weighted by molar-refractivity contribution is -0.139. The molecule has 0 saturated heterocycles. The van der Waals surface area contributed by atoms with Crippen molar-refractivity contribution in [2.24, 2.45) is 0 Å². The fourth-order valence-electron chi connectivity index (χ4n) is 1.90. The molecule has 0 aliphatic heterocycles. The molecule has 1 heterocycles. The number of nitrogens with one attached hydrogen (secondary N) is 2. The van der Waals surface area contributed by atoms with Gasteiger partial charge in [0.15, 0.2) is 0 Å². The summed E-state index contributed by atoms with van der Waals surface area (Å²) in [7, 11) is 0. The number of amides is 2. The molecule has 0 unspecified atom stereocenters. The minimum Gasteiger partial charge on any atom is -0.491 e. The third-order valence-electron chi connectivity index (χ3n) is 2.97. The summed E-state index contributed by atoms with van der Waals surface area (Å²) < 4.78 is 43.8. The Morgan fingerprint density at radius 3 is 2.58 bits per heavy atom. The summed E-state index contributed by atoms with van der Waals surface area (Å²) in [6, 6.07) is 8.93. The van der Waals surface area contributed by atoms with Gasteiger partial charge in [0.1, 0.15) is 18.2 Å². The van der Waals surface area contributed by atoms with Crippen molar-refractivity contribution in [2.45, 2.75) is 19.1 Å². The van der Waals surface area contributed by atoms with Crippen LogP contribution in [-0.2, 0) is 6.18 Å². The van der Waals surface area contributed by atoms with E-state index in [-0.39, 0.29) is 12.4 Å². The maximum Gasteiger partial charge on any atom is 0.419 e. The molecule has 2 rings (SSSR count). The predicted molar refractivity (Wildman–Crippen MR) is 82.8 cm³/mol. The Kier molecular flexibility index (Phi) is 5.62. The number of carbonyl (C=O) groups is 1. The van der Waals surface area contributed by atoms with E-state index in [1.165, 1.54) is 24.4 Å². The Bertz CT molecular complexity index is 678. The van der Waals surface area contributed by atoms with Crippen LogP contribution >= 0.6 is 0 Å². The van der Waals surface area contributed by atoms with Crippen LogP contribution in [-0.4, -0.2) is 23.7 Å². The van der Waals surface area contributed by atoms with E-state index in [1.54, 1.807) is 25.1 Å². The molecule has 0 spiro atoms. The lowest BCUT2D eigenvalue weighted by atomic mass is 10.2. The standard InChI is InChI=1S/C16H16F3N3O2/c1-11(21-15(23)22-14-8-4-5-9-20-14)10-24-13-7-3-2-6-12(13)16(17,18)19/h2-9,11H,10H2,1H3,(H2,20,21,22,23)/t11-/m1/s1. The zero-order valence-corrected chi connectivity index (χ0v) is 12.8. The Hall–Kier alpha value is -2.77. The highest BCUT2D eigenvalue weighted by Gasteiger charge is 2.34. The van der Waals surface area contributed by atoms with Gasteiger partial charge < -0.3 is 10.1 Å². The van der Waals surface area contributed by atoms with Crippen LogP contribution < -0.4 is 15.4 Å². The summed E-state index contributed by atoms with van der Waals surface area (Å²) in [5.74, 6) is 0.0920. The van der Waals surface area contributed by atoms with Crippen LogP contribution in [0.15, 0.2) is 48.7 Å². The van der Waals surface area contributed by atoms with Gasteiger partial charge >= 0.3 is 12.2 Å². The van der Waals surface area contributed by atoms with Gasteiger partial charge in [0.05, 0.1) is 11.6 Å². The first-order valence-corrected chi connectivity index (χ1v) is 7.14. The normalized spacial score (nSPS) is 12.3. The van der Waals surface area contributed by atoms with E-state index in [9.17, 15) is 18.0 Å². The van der Waals surface area contributed by atoms with Crippen LogP contribution in [0, 0.1) is 0 Å². The van der Waals surface area contributed by atoms with Crippen molar-refractivity contribution in [3.63, 3.8) is 0 Å². The van der Waals surface area contributed by atoms with Gasteiger partial charge in [-0.3, -0.25) is 5.32 Å². The highest BCUT2D eigenvalue weighted by molar-refractivity contribution is 5.88. The minimum atomic E-state index is -4.50. The van der Waals surface area contributed by atoms with Crippen molar-refractivity contribution >= 4 is 11.8 Å². The molecule has 0 radical (unpaired) electrons. The van der Waals surface area contributed by atoms with Crippen LogP contribution in [0.4, 0.5) is 23.8 Å². The van der Waals surface area contributed by atoms with Crippen molar-refractivity contribution in [3.05, 3.63) is 54.2 Å². The molecule has 2 amide bonds. The Balaban J connectivity index is 1.87. The quantitative estimate of drug-likeness (QED) is 0.873. The van der Waals surface area contributed by atoms with Crippen LogP contribution in [0.25, 0.3) is 0 Å². The molecule has 8 heteroatoms. The fraction of sp³-hybridized carbons (Fsp3) is 0.250. The first-order chi connectivity index (χ1) is 11.4. The summed E-state index contributed by atoms with van der Waals surface area (Å²) in [4.78, 5) is 15.7. The summed E-state index contributed by atoms with van der Waals surface area (Å²) >= 11 is 0. The molecule has 0 aliphatic rings. The summed E-state index contributed by atoms with van der Waals surface area (Å²) in [5, 5.41) is 5.07. The first kappa shape index (κ1) is 17.6. The molecule has 1 aromatic heterocycles. The van der Waals surface area contributed by atoms with Crippen LogP contribution in [0.3, 0.4) is 0 Å². The van der Waals surface area contributed by atoms with E-state index < -0.39 is 23.8 Å². The van der Waals surface area contributed by atoms with Crippen molar-refractivity contribution in [3.8, 4) is 5.75 Å². The number of rotatable bonds is 5. The minimum absolute atomic E-state index is 0.108. The van der Waals surface area contributed by atoms with E-state index >= 15 is 0 Å². The van der Waals surface area contributed by atoms with E-state index in [0.717, 1.165) is 6.07 Å². The van der Waals surface area contributed by atoms with Crippen molar-refractivity contribution in [2.75, 3.05) is 11.9 Å². The third-order valence-corrected chi connectivity index (χ3v) is 2.97. The molecular weight excluding hydrogens is 323 g/mol. The number of hydrogen-bond donors (Lipinski definition) is 2. The fourth-order valence-corrected chi connectivity index (χ4v) is 1.90. The predicted octanol–water partition coefficient (Wildman–Crippen LogP) is 3.69. The molecule has 2 N–H and O–H groups in total. The van der Waals surface area contributed by atoms with Gasteiger partial charge in [0.25, 0.3) is 0 Å². The van der Waals surface area contributed by atoms with Crippen molar-refractivity contribution in [1.82, 2.24) is 10.3 Å². The van der Waals surface area contributed by atoms with E-state index in [2.05, 4.69) is 15.6 Å². The number of nitrogens with zero attached hydrogens (tertiary/aromatic N) is 1. The van der Waals surface area contributed by atoms with Gasteiger partial charge in [0.2, 0.25) is 0 Å². The molecule has 0 aliphatic carbocycles. The zero-order valence-electron chi connectivity index (χ0n) is 12.8. The molecule has 0 fully saturated rings. The monoisotopic (exact) mass is 339 g/mol. The number of pyridine rings is 1. The topological polar surface area (TPSA) is 63.2 Å². The Labute approximate surface area is 136 Å². The highest BCUT2D eigenvalue weighted by atomic mass is 19.4. The number of ether oxygens (including phenoxy) is 1. The van der Waals surface area contributed by atoms with Gasteiger partial charge in [-0.1, -0.05) is 18.2 Å². The average molecular weight is 339 g/mol. The Morgan fingerprint density at radius 1 is 1.21 bits per heavy atom. The van der Waals surface area contributed by atoms with E-state index in [4.69, 9.17) is 4.74 Å². The maximum absolute atomic E-state index is 12.9. The largest absolute Gasteiger partial charge is 0.491 e. The smallest absolute Gasteiger partial charge is 0.419 e. The molecule has 128 valence electrons. The van der Waals surface area contributed by atoms with Crippen LogP contribution in [0.1, 0.15) is 12.5 Å². The highest BCUT2D eigenvalue weighted by Crippen LogP contribution is 2.35. The number of anilines is 1. The molecule has 2 aromatic rings. The average Bonchev–Trinajstić information content (AvgIpc) is 2.53. The van der Waals surface area contributed by atoms with Gasteiger partial charge in [-0.25, -0.2) is 9.78 Å². The second-order valence-electron chi connectivity index (χ2n) is 5.02. The molecule has 1 atom stereocenters. The number of halogens is 3. The molecule has 0 bridgehead atoms. The van der Waals surface area contributed by atoms with Gasteiger partial charge in [-0.2, -0.15) is 13.2 Å². The van der Waals surface area contributed by atoms with Gasteiger partial charge in [-0.05, 0) is 31.2 Å². The van der Waals surface area contributed by atoms with Crippen molar-refractivity contribution in [1.29, 1.82) is 0 Å². The van der Waals surface area contributed by atoms with E-state index in [1.807, 2.05) is 0 Å². The maximum atomic E-state index is 12.9. The lowest BCUT2D eigenvalue weighted by Crippen LogP contribution is -2.39. The molecule has 5 nitrogen and oxygen atoms in total.